The van der Waals surface area contributed by atoms with Crippen molar-refractivity contribution in [1.29, 1.82) is 5.26 Å². The first-order valence-electron chi connectivity index (χ1n) is 6.42. The Kier molecular flexibility index (Phi) is 4.61. The fourth-order valence-corrected chi connectivity index (χ4v) is 3.21. The second-order valence-electron chi connectivity index (χ2n) is 4.68. The van der Waals surface area contributed by atoms with Crippen LogP contribution in [0.25, 0.3) is 0 Å². The first-order valence-corrected chi connectivity index (χ1v) is 7.30. The zero-order valence-electron chi connectivity index (χ0n) is 11.8. The molecule has 0 radical (unpaired) electrons. The van der Waals surface area contributed by atoms with Crippen LogP contribution in [0, 0.1) is 25.2 Å². The summed E-state index contributed by atoms with van der Waals surface area (Å²) in [5.41, 5.74) is 8.47. The normalized spacial score (nSPS) is 11.7. The molecule has 21 heavy (non-hydrogen) atoms. The number of hydrogen-bond donors (Lipinski definition) is 1. The van der Waals surface area contributed by atoms with Crippen LogP contribution in [0.1, 0.15) is 27.6 Å². The molecule has 0 fully saturated rings. The molecule has 0 saturated heterocycles. The van der Waals surface area contributed by atoms with Gasteiger partial charge in [0.25, 0.3) is 0 Å². The monoisotopic (exact) mass is 297 g/mol. The minimum absolute atomic E-state index is 0.448. The smallest absolute Gasteiger partial charge is 0.235 e. The number of thioether (sulfide) groups is 1. The quantitative estimate of drug-likeness (QED) is 0.880. The minimum Gasteiger partial charge on any atom is -0.368 e. The molecule has 1 amide bonds. The highest BCUT2D eigenvalue weighted by atomic mass is 32.2. The van der Waals surface area contributed by atoms with Crippen molar-refractivity contribution in [1.82, 2.24) is 4.98 Å². The van der Waals surface area contributed by atoms with Crippen LogP contribution < -0.4 is 5.73 Å². The van der Waals surface area contributed by atoms with Crippen LogP contribution in [0.4, 0.5) is 0 Å². The summed E-state index contributed by atoms with van der Waals surface area (Å²) in [6, 6.07) is 13.3. The Morgan fingerprint density at radius 1 is 1.33 bits per heavy atom. The van der Waals surface area contributed by atoms with Crippen molar-refractivity contribution in [3.8, 4) is 6.07 Å². The molecular formula is C16H15N3OS. The molecule has 2 aromatic rings. The second-order valence-corrected chi connectivity index (χ2v) is 5.78. The number of rotatable bonds is 4. The molecule has 2 N–H and O–H groups in total. The Morgan fingerprint density at radius 3 is 2.57 bits per heavy atom. The number of nitrogens with zero attached hydrogens (tertiary/aromatic N) is 2. The van der Waals surface area contributed by atoms with E-state index in [1.165, 1.54) is 11.8 Å². The van der Waals surface area contributed by atoms with Gasteiger partial charge in [-0.15, -0.1) is 0 Å². The number of carbonyl (C=O) groups excluding carboxylic acids is 1. The number of amides is 1. The van der Waals surface area contributed by atoms with Gasteiger partial charge in [-0.3, -0.25) is 4.79 Å². The van der Waals surface area contributed by atoms with E-state index >= 15 is 0 Å². The van der Waals surface area contributed by atoms with E-state index in [9.17, 15) is 10.1 Å². The van der Waals surface area contributed by atoms with Gasteiger partial charge in [-0.05, 0) is 31.0 Å². The van der Waals surface area contributed by atoms with Crippen molar-refractivity contribution in [2.75, 3.05) is 0 Å². The van der Waals surface area contributed by atoms with Crippen molar-refractivity contribution >= 4 is 17.7 Å². The molecule has 1 atom stereocenters. The molecule has 0 saturated carbocycles. The lowest BCUT2D eigenvalue weighted by Crippen LogP contribution is -2.19. The Morgan fingerprint density at radius 2 is 2.00 bits per heavy atom. The molecule has 1 aromatic heterocycles. The SMILES string of the molecule is Cc1cc(C)c(C#N)c(S[C@@H](C(N)=O)c2ccccc2)n1. The van der Waals surface area contributed by atoms with Crippen molar-refractivity contribution in [2.24, 2.45) is 5.73 Å². The Hall–Kier alpha value is -2.32. The van der Waals surface area contributed by atoms with Gasteiger partial charge >= 0.3 is 0 Å². The number of primary amides is 1. The van der Waals surface area contributed by atoms with Crippen LogP contribution in [0.5, 0.6) is 0 Å². The molecular weight excluding hydrogens is 282 g/mol. The molecule has 1 aromatic carbocycles. The van der Waals surface area contributed by atoms with Crippen LogP contribution in [0.3, 0.4) is 0 Å². The Labute approximate surface area is 128 Å². The first-order chi connectivity index (χ1) is 10.0. The van der Waals surface area contributed by atoms with Crippen LogP contribution in [-0.4, -0.2) is 10.9 Å². The number of pyridine rings is 1. The van der Waals surface area contributed by atoms with Crippen LogP contribution >= 0.6 is 11.8 Å². The van der Waals surface area contributed by atoms with Crippen molar-refractivity contribution in [2.45, 2.75) is 24.1 Å². The largest absolute Gasteiger partial charge is 0.368 e. The van der Waals surface area contributed by atoms with E-state index < -0.39 is 11.2 Å². The summed E-state index contributed by atoms with van der Waals surface area (Å²) in [6.07, 6.45) is 0. The zero-order chi connectivity index (χ0) is 15.4. The van der Waals surface area contributed by atoms with Gasteiger partial charge in [-0.2, -0.15) is 5.26 Å². The van der Waals surface area contributed by atoms with Gasteiger partial charge < -0.3 is 5.73 Å². The summed E-state index contributed by atoms with van der Waals surface area (Å²) >= 11 is 1.22. The van der Waals surface area contributed by atoms with Gasteiger partial charge in [0.15, 0.2) is 0 Å². The number of benzene rings is 1. The lowest BCUT2D eigenvalue weighted by Gasteiger charge is -2.14. The highest BCUT2D eigenvalue weighted by Gasteiger charge is 2.22. The lowest BCUT2D eigenvalue weighted by atomic mass is 10.1. The van der Waals surface area contributed by atoms with Gasteiger partial charge in [0.1, 0.15) is 16.3 Å². The Bertz CT molecular complexity index is 707. The summed E-state index contributed by atoms with van der Waals surface area (Å²) in [5.74, 6) is -0.448. The highest BCUT2D eigenvalue weighted by molar-refractivity contribution is 8.00. The summed E-state index contributed by atoms with van der Waals surface area (Å²) in [7, 11) is 0. The second kappa shape index (κ2) is 6.42. The molecule has 1 heterocycles. The van der Waals surface area contributed by atoms with E-state index in [0.717, 1.165) is 16.8 Å². The number of carbonyl (C=O) groups is 1. The fourth-order valence-electron chi connectivity index (χ4n) is 2.05. The van der Waals surface area contributed by atoms with Gasteiger partial charge in [-0.1, -0.05) is 42.1 Å². The standard InChI is InChI=1S/C16H15N3OS/c1-10-8-11(2)19-16(13(10)9-17)21-14(15(18)20)12-6-4-3-5-7-12/h3-8,14H,1-2H3,(H2,18,20)/t14-/m1/s1. The molecule has 2 rings (SSSR count). The average Bonchev–Trinajstić information content (AvgIpc) is 2.45. The molecule has 0 unspecified atom stereocenters. The predicted molar refractivity (Wildman–Crippen MR) is 82.7 cm³/mol. The first kappa shape index (κ1) is 15.1. The zero-order valence-corrected chi connectivity index (χ0v) is 12.6. The lowest BCUT2D eigenvalue weighted by molar-refractivity contribution is -0.117. The molecule has 0 aliphatic heterocycles. The third kappa shape index (κ3) is 3.41. The number of aromatic nitrogens is 1. The van der Waals surface area contributed by atoms with E-state index in [1.54, 1.807) is 0 Å². The van der Waals surface area contributed by atoms with Gasteiger partial charge in [0.2, 0.25) is 5.91 Å². The summed E-state index contributed by atoms with van der Waals surface area (Å²) in [6.45, 7) is 3.72. The van der Waals surface area contributed by atoms with E-state index in [1.807, 2.05) is 50.2 Å². The highest BCUT2D eigenvalue weighted by Crippen LogP contribution is 2.36. The molecule has 0 aliphatic rings. The summed E-state index contributed by atoms with van der Waals surface area (Å²) < 4.78 is 0. The molecule has 0 aliphatic carbocycles. The van der Waals surface area contributed by atoms with Crippen LogP contribution in [0.2, 0.25) is 0 Å². The summed E-state index contributed by atoms with van der Waals surface area (Å²) in [5, 5.41) is 9.27. The molecule has 0 spiro atoms. The van der Waals surface area contributed by atoms with E-state index in [0.29, 0.717) is 10.6 Å². The van der Waals surface area contributed by atoms with Crippen molar-refractivity contribution in [3.63, 3.8) is 0 Å². The number of nitrogens with two attached hydrogens (primary N) is 1. The third-order valence-electron chi connectivity index (χ3n) is 3.01. The van der Waals surface area contributed by atoms with Crippen LogP contribution in [0.15, 0.2) is 41.4 Å². The maximum Gasteiger partial charge on any atom is 0.235 e. The van der Waals surface area contributed by atoms with Crippen LogP contribution in [-0.2, 0) is 4.79 Å². The molecule has 4 nitrogen and oxygen atoms in total. The fraction of sp³-hybridized carbons (Fsp3) is 0.188. The predicted octanol–water partition coefficient (Wildman–Crippen LogP) is 2.89. The molecule has 5 heteroatoms. The molecule has 0 bridgehead atoms. The Balaban J connectivity index is 2.44. The topological polar surface area (TPSA) is 79.8 Å². The van der Waals surface area contributed by atoms with Gasteiger partial charge in [-0.25, -0.2) is 4.98 Å². The number of hydrogen-bond acceptors (Lipinski definition) is 4. The van der Waals surface area contributed by atoms with Gasteiger partial charge in [0, 0.05) is 5.69 Å². The molecule has 106 valence electrons. The number of aryl methyl sites for hydroxylation is 2. The van der Waals surface area contributed by atoms with Crippen molar-refractivity contribution < 1.29 is 4.79 Å². The summed E-state index contributed by atoms with van der Waals surface area (Å²) in [4.78, 5) is 16.1. The van der Waals surface area contributed by atoms with E-state index in [4.69, 9.17) is 5.73 Å². The minimum atomic E-state index is -0.563. The van der Waals surface area contributed by atoms with E-state index in [2.05, 4.69) is 11.1 Å². The maximum absolute atomic E-state index is 11.8. The van der Waals surface area contributed by atoms with Gasteiger partial charge in [0.05, 0.1) is 5.56 Å². The maximum atomic E-state index is 11.8. The average molecular weight is 297 g/mol. The third-order valence-corrected chi connectivity index (χ3v) is 4.27. The van der Waals surface area contributed by atoms with E-state index in [-0.39, 0.29) is 0 Å². The number of nitriles is 1. The van der Waals surface area contributed by atoms with Crippen molar-refractivity contribution in [3.05, 3.63) is 58.8 Å².